The first-order chi connectivity index (χ1) is 7.33. The first-order valence-corrected chi connectivity index (χ1v) is 5.27. The van der Waals surface area contributed by atoms with Gasteiger partial charge in [-0.2, -0.15) is 0 Å². The number of methoxy groups -OCH3 is 2. The molecule has 1 N–H and O–H groups in total. The van der Waals surface area contributed by atoms with Gasteiger partial charge in [0.2, 0.25) is 0 Å². The lowest BCUT2D eigenvalue weighted by atomic mass is 9.98. The summed E-state index contributed by atoms with van der Waals surface area (Å²) in [5, 5.41) is 3.36. The van der Waals surface area contributed by atoms with Crippen molar-refractivity contribution in [3.63, 3.8) is 0 Å². The summed E-state index contributed by atoms with van der Waals surface area (Å²) >= 11 is 0. The van der Waals surface area contributed by atoms with Crippen LogP contribution in [0.15, 0.2) is 18.2 Å². The molecule has 1 aromatic carbocycles. The lowest BCUT2D eigenvalue weighted by Crippen LogP contribution is -2.08. The van der Waals surface area contributed by atoms with Gasteiger partial charge in [0.25, 0.3) is 0 Å². The highest BCUT2D eigenvalue weighted by molar-refractivity contribution is 5.85. The third-order valence-corrected chi connectivity index (χ3v) is 2.91. The number of benzene rings is 1. The molecule has 0 radical (unpaired) electrons. The van der Waals surface area contributed by atoms with E-state index < -0.39 is 0 Å². The van der Waals surface area contributed by atoms with E-state index in [0.29, 0.717) is 5.92 Å². The molecule has 1 atom stereocenters. The molecule has 1 aliphatic rings. The summed E-state index contributed by atoms with van der Waals surface area (Å²) in [6, 6.07) is 6.10. The third kappa shape index (κ3) is 2.80. The van der Waals surface area contributed by atoms with E-state index in [1.165, 1.54) is 12.0 Å². The standard InChI is InChI=1S/C12H17NO2.ClH/c1-14-11-5-10(6-12(7-11)15-2)9-3-4-13-8-9;/h5-7,9,13H,3-4,8H2,1-2H3;1H. The van der Waals surface area contributed by atoms with Gasteiger partial charge in [-0.3, -0.25) is 0 Å². The zero-order chi connectivity index (χ0) is 10.7. The van der Waals surface area contributed by atoms with Gasteiger partial charge in [0.15, 0.2) is 0 Å². The average molecular weight is 244 g/mol. The molecular weight excluding hydrogens is 226 g/mol. The fourth-order valence-electron chi connectivity index (χ4n) is 2.00. The molecule has 0 bridgehead atoms. The molecule has 0 spiro atoms. The minimum absolute atomic E-state index is 0. The molecule has 4 heteroatoms. The Morgan fingerprint density at radius 2 is 1.75 bits per heavy atom. The van der Waals surface area contributed by atoms with E-state index in [4.69, 9.17) is 9.47 Å². The Morgan fingerprint density at radius 1 is 1.12 bits per heavy atom. The van der Waals surface area contributed by atoms with Gasteiger partial charge in [0, 0.05) is 12.6 Å². The number of halogens is 1. The van der Waals surface area contributed by atoms with Crippen LogP contribution in [0.4, 0.5) is 0 Å². The van der Waals surface area contributed by atoms with E-state index in [0.717, 1.165) is 24.6 Å². The summed E-state index contributed by atoms with van der Waals surface area (Å²) in [5.41, 5.74) is 1.30. The Morgan fingerprint density at radius 3 is 2.19 bits per heavy atom. The summed E-state index contributed by atoms with van der Waals surface area (Å²) < 4.78 is 10.5. The average Bonchev–Trinajstić information content (AvgIpc) is 2.81. The normalized spacial score (nSPS) is 19.0. The molecule has 1 fully saturated rings. The van der Waals surface area contributed by atoms with Gasteiger partial charge in [0.1, 0.15) is 11.5 Å². The second kappa shape index (κ2) is 5.97. The predicted molar refractivity (Wildman–Crippen MR) is 67.0 cm³/mol. The molecule has 0 saturated carbocycles. The van der Waals surface area contributed by atoms with Crippen LogP contribution in [-0.2, 0) is 0 Å². The second-order valence-electron chi connectivity index (χ2n) is 3.84. The number of nitrogens with one attached hydrogen (secondary N) is 1. The number of rotatable bonds is 3. The molecule has 16 heavy (non-hydrogen) atoms. The van der Waals surface area contributed by atoms with Crippen molar-refractivity contribution in [3.8, 4) is 11.5 Å². The zero-order valence-electron chi connectivity index (χ0n) is 9.66. The molecule has 0 aliphatic carbocycles. The summed E-state index contributed by atoms with van der Waals surface area (Å²) in [6.45, 7) is 2.15. The third-order valence-electron chi connectivity index (χ3n) is 2.91. The Hall–Kier alpha value is -0.930. The van der Waals surface area contributed by atoms with Crippen molar-refractivity contribution in [1.82, 2.24) is 5.32 Å². The minimum Gasteiger partial charge on any atom is -0.497 e. The Labute approximate surface area is 103 Å². The van der Waals surface area contributed by atoms with Crippen molar-refractivity contribution in [2.24, 2.45) is 0 Å². The molecular formula is C12H18ClNO2. The van der Waals surface area contributed by atoms with Crippen molar-refractivity contribution in [1.29, 1.82) is 0 Å². The molecule has 1 saturated heterocycles. The van der Waals surface area contributed by atoms with E-state index in [2.05, 4.69) is 17.4 Å². The topological polar surface area (TPSA) is 30.5 Å². The molecule has 0 amide bonds. The summed E-state index contributed by atoms with van der Waals surface area (Å²) in [5.74, 6) is 2.33. The Bertz CT molecular complexity index is 316. The lowest BCUT2D eigenvalue weighted by molar-refractivity contribution is 0.393. The van der Waals surface area contributed by atoms with Crippen molar-refractivity contribution >= 4 is 12.4 Å². The highest BCUT2D eigenvalue weighted by Crippen LogP contribution is 2.30. The number of ether oxygens (including phenoxy) is 2. The van der Waals surface area contributed by atoms with Crippen molar-refractivity contribution in [3.05, 3.63) is 23.8 Å². The van der Waals surface area contributed by atoms with E-state index in [9.17, 15) is 0 Å². The molecule has 1 aliphatic heterocycles. The van der Waals surface area contributed by atoms with Gasteiger partial charge < -0.3 is 14.8 Å². The molecule has 1 unspecified atom stereocenters. The molecule has 1 heterocycles. The fourth-order valence-corrected chi connectivity index (χ4v) is 2.00. The maximum Gasteiger partial charge on any atom is 0.122 e. The van der Waals surface area contributed by atoms with Gasteiger partial charge in [-0.1, -0.05) is 0 Å². The van der Waals surface area contributed by atoms with Crippen LogP contribution in [0.5, 0.6) is 11.5 Å². The maximum absolute atomic E-state index is 5.26. The smallest absolute Gasteiger partial charge is 0.122 e. The van der Waals surface area contributed by atoms with Gasteiger partial charge in [0.05, 0.1) is 14.2 Å². The molecule has 0 aromatic heterocycles. The van der Waals surface area contributed by atoms with Crippen LogP contribution in [-0.4, -0.2) is 27.3 Å². The van der Waals surface area contributed by atoms with E-state index in [1.807, 2.05) is 6.07 Å². The first-order valence-electron chi connectivity index (χ1n) is 5.27. The van der Waals surface area contributed by atoms with Crippen molar-refractivity contribution < 1.29 is 9.47 Å². The minimum atomic E-state index is 0. The van der Waals surface area contributed by atoms with Crippen LogP contribution in [0.2, 0.25) is 0 Å². The van der Waals surface area contributed by atoms with Crippen molar-refractivity contribution in [2.75, 3.05) is 27.3 Å². The van der Waals surface area contributed by atoms with Crippen LogP contribution in [0, 0.1) is 0 Å². The SMILES string of the molecule is COc1cc(OC)cc(C2CCNC2)c1.Cl. The summed E-state index contributed by atoms with van der Waals surface area (Å²) in [6.07, 6.45) is 1.19. The van der Waals surface area contributed by atoms with Crippen LogP contribution in [0.3, 0.4) is 0 Å². The Balaban J connectivity index is 0.00000128. The molecule has 1 aromatic rings. The van der Waals surface area contributed by atoms with Crippen LogP contribution >= 0.6 is 12.4 Å². The first kappa shape index (κ1) is 13.1. The lowest BCUT2D eigenvalue weighted by Gasteiger charge is -2.12. The molecule has 2 rings (SSSR count). The largest absolute Gasteiger partial charge is 0.497 e. The fraction of sp³-hybridized carbons (Fsp3) is 0.500. The highest BCUT2D eigenvalue weighted by Gasteiger charge is 2.17. The van der Waals surface area contributed by atoms with Crippen LogP contribution < -0.4 is 14.8 Å². The monoisotopic (exact) mass is 243 g/mol. The zero-order valence-corrected chi connectivity index (χ0v) is 10.5. The van der Waals surface area contributed by atoms with Crippen molar-refractivity contribution in [2.45, 2.75) is 12.3 Å². The summed E-state index contributed by atoms with van der Waals surface area (Å²) in [7, 11) is 3.37. The van der Waals surface area contributed by atoms with Gasteiger partial charge in [-0.15, -0.1) is 12.4 Å². The molecule has 90 valence electrons. The quantitative estimate of drug-likeness (QED) is 0.883. The molecule has 3 nitrogen and oxygen atoms in total. The van der Waals surface area contributed by atoms with Gasteiger partial charge >= 0.3 is 0 Å². The maximum atomic E-state index is 5.26. The number of hydrogen-bond acceptors (Lipinski definition) is 3. The van der Waals surface area contributed by atoms with E-state index in [1.54, 1.807) is 14.2 Å². The Kier molecular flexibility index (Phi) is 4.90. The second-order valence-corrected chi connectivity index (χ2v) is 3.84. The summed E-state index contributed by atoms with van der Waals surface area (Å²) in [4.78, 5) is 0. The van der Waals surface area contributed by atoms with Gasteiger partial charge in [-0.05, 0) is 36.6 Å². The van der Waals surface area contributed by atoms with Crippen LogP contribution in [0.1, 0.15) is 17.9 Å². The highest BCUT2D eigenvalue weighted by atomic mass is 35.5. The van der Waals surface area contributed by atoms with E-state index >= 15 is 0 Å². The van der Waals surface area contributed by atoms with Crippen LogP contribution in [0.25, 0.3) is 0 Å². The number of hydrogen-bond donors (Lipinski definition) is 1. The van der Waals surface area contributed by atoms with Gasteiger partial charge in [-0.25, -0.2) is 0 Å². The van der Waals surface area contributed by atoms with E-state index in [-0.39, 0.29) is 12.4 Å². The predicted octanol–water partition coefficient (Wildman–Crippen LogP) is 2.20.